The van der Waals surface area contributed by atoms with Crippen LogP contribution in [0.4, 0.5) is 0 Å². The lowest BCUT2D eigenvalue weighted by molar-refractivity contribution is 0.208. The average Bonchev–Trinajstić information content (AvgIpc) is 2.35. The van der Waals surface area contributed by atoms with Gasteiger partial charge in [0.15, 0.2) is 0 Å². The third-order valence-electron chi connectivity index (χ3n) is 4.60. The Hall–Kier alpha value is -0.0800. The lowest BCUT2D eigenvalue weighted by Crippen LogP contribution is -2.39. The fourth-order valence-corrected chi connectivity index (χ4v) is 3.31. The van der Waals surface area contributed by atoms with Crippen molar-refractivity contribution in [2.45, 2.75) is 64.3 Å². The summed E-state index contributed by atoms with van der Waals surface area (Å²) in [5, 5.41) is 3.58. The standard InChI is InChI=1S/C15H30N2/c1-14-8-12-17(11-5-10-16-14)13-9-15-6-3-2-4-7-15/h14-16H,2-13H2,1H3. The van der Waals surface area contributed by atoms with E-state index in [0.717, 1.165) is 5.92 Å². The number of nitrogens with zero attached hydrogens (tertiary/aromatic N) is 1. The molecule has 17 heavy (non-hydrogen) atoms. The molecule has 1 saturated heterocycles. The van der Waals surface area contributed by atoms with E-state index in [2.05, 4.69) is 17.1 Å². The molecule has 100 valence electrons. The third kappa shape index (κ3) is 4.97. The van der Waals surface area contributed by atoms with Gasteiger partial charge in [-0.25, -0.2) is 0 Å². The minimum atomic E-state index is 0.715. The van der Waals surface area contributed by atoms with Crippen LogP contribution >= 0.6 is 0 Å². The molecule has 0 aromatic rings. The number of hydrogen-bond donors (Lipinski definition) is 1. The molecule has 0 spiro atoms. The summed E-state index contributed by atoms with van der Waals surface area (Å²) < 4.78 is 0. The Labute approximate surface area is 107 Å². The highest BCUT2D eigenvalue weighted by atomic mass is 15.1. The molecular weight excluding hydrogens is 208 g/mol. The smallest absolute Gasteiger partial charge is 0.00509 e. The van der Waals surface area contributed by atoms with Crippen LogP contribution in [0.1, 0.15) is 58.3 Å². The van der Waals surface area contributed by atoms with Crippen molar-refractivity contribution in [1.82, 2.24) is 10.2 Å². The van der Waals surface area contributed by atoms with Gasteiger partial charge >= 0.3 is 0 Å². The lowest BCUT2D eigenvalue weighted by atomic mass is 9.87. The van der Waals surface area contributed by atoms with Crippen LogP contribution in [-0.4, -0.2) is 37.1 Å². The maximum Gasteiger partial charge on any atom is 0.00509 e. The molecule has 1 N–H and O–H groups in total. The lowest BCUT2D eigenvalue weighted by Gasteiger charge is -2.30. The van der Waals surface area contributed by atoms with Gasteiger partial charge in [0.05, 0.1) is 0 Å². The maximum absolute atomic E-state index is 3.58. The predicted molar refractivity (Wildman–Crippen MR) is 74.3 cm³/mol. The molecule has 0 radical (unpaired) electrons. The molecule has 1 aliphatic heterocycles. The molecule has 0 aromatic heterocycles. The molecule has 0 aromatic carbocycles. The van der Waals surface area contributed by atoms with Gasteiger partial charge in [-0.1, -0.05) is 32.1 Å². The van der Waals surface area contributed by atoms with E-state index in [0.29, 0.717) is 6.04 Å². The topological polar surface area (TPSA) is 15.3 Å². The second-order valence-electron chi connectivity index (χ2n) is 6.13. The zero-order valence-electron chi connectivity index (χ0n) is 11.6. The van der Waals surface area contributed by atoms with Crippen LogP contribution in [0.25, 0.3) is 0 Å². The van der Waals surface area contributed by atoms with E-state index < -0.39 is 0 Å². The van der Waals surface area contributed by atoms with E-state index in [4.69, 9.17) is 0 Å². The number of nitrogens with one attached hydrogen (secondary N) is 1. The van der Waals surface area contributed by atoms with Crippen LogP contribution < -0.4 is 5.32 Å². The molecule has 2 nitrogen and oxygen atoms in total. The monoisotopic (exact) mass is 238 g/mol. The third-order valence-corrected chi connectivity index (χ3v) is 4.60. The summed E-state index contributed by atoms with van der Waals surface area (Å²) >= 11 is 0. The van der Waals surface area contributed by atoms with E-state index in [-0.39, 0.29) is 0 Å². The summed E-state index contributed by atoms with van der Waals surface area (Å²) in [5.41, 5.74) is 0. The Bertz CT molecular complexity index is 199. The second-order valence-corrected chi connectivity index (χ2v) is 6.13. The van der Waals surface area contributed by atoms with E-state index in [1.54, 1.807) is 0 Å². The highest BCUT2D eigenvalue weighted by Gasteiger charge is 2.16. The first-order chi connectivity index (χ1) is 8.34. The normalized spacial score (nSPS) is 29.8. The van der Waals surface area contributed by atoms with Gasteiger partial charge in [-0.3, -0.25) is 0 Å². The quantitative estimate of drug-likeness (QED) is 0.813. The van der Waals surface area contributed by atoms with E-state index in [1.807, 2.05) is 0 Å². The molecule has 1 heterocycles. The zero-order chi connectivity index (χ0) is 11.9. The van der Waals surface area contributed by atoms with Gasteiger partial charge in [-0.15, -0.1) is 0 Å². The van der Waals surface area contributed by atoms with Crippen LogP contribution in [0.15, 0.2) is 0 Å². The Kier molecular flexibility index (Phi) is 5.79. The molecule has 2 rings (SSSR count). The minimum absolute atomic E-state index is 0.715. The van der Waals surface area contributed by atoms with Gasteiger partial charge in [-0.2, -0.15) is 0 Å². The van der Waals surface area contributed by atoms with Crippen molar-refractivity contribution in [1.29, 1.82) is 0 Å². The minimum Gasteiger partial charge on any atom is -0.314 e. The molecule has 2 aliphatic rings. The molecule has 1 aliphatic carbocycles. The van der Waals surface area contributed by atoms with Crippen LogP contribution in [0, 0.1) is 5.92 Å². The summed E-state index contributed by atoms with van der Waals surface area (Å²) in [6.07, 6.45) is 11.6. The molecule has 1 atom stereocenters. The van der Waals surface area contributed by atoms with Crippen LogP contribution in [0.2, 0.25) is 0 Å². The molecule has 1 saturated carbocycles. The van der Waals surface area contributed by atoms with E-state index in [9.17, 15) is 0 Å². The second kappa shape index (κ2) is 7.38. The number of hydrogen-bond acceptors (Lipinski definition) is 2. The first-order valence-corrected chi connectivity index (χ1v) is 7.80. The van der Waals surface area contributed by atoms with Crippen molar-refractivity contribution >= 4 is 0 Å². The van der Waals surface area contributed by atoms with Crippen LogP contribution in [0.5, 0.6) is 0 Å². The van der Waals surface area contributed by atoms with Gasteiger partial charge in [0.1, 0.15) is 0 Å². The predicted octanol–water partition coefficient (Wildman–Crippen LogP) is 3.03. The van der Waals surface area contributed by atoms with Crippen molar-refractivity contribution in [3.8, 4) is 0 Å². The molecule has 2 fully saturated rings. The Morgan fingerprint density at radius 3 is 2.65 bits per heavy atom. The van der Waals surface area contributed by atoms with Crippen molar-refractivity contribution in [3.05, 3.63) is 0 Å². The molecule has 0 amide bonds. The fraction of sp³-hybridized carbons (Fsp3) is 1.00. The Morgan fingerprint density at radius 2 is 1.82 bits per heavy atom. The van der Waals surface area contributed by atoms with Crippen molar-refractivity contribution in [3.63, 3.8) is 0 Å². The summed E-state index contributed by atoms with van der Waals surface area (Å²) in [5.74, 6) is 1.05. The SMILES string of the molecule is CC1CCN(CCC2CCCCC2)CCCN1. The summed E-state index contributed by atoms with van der Waals surface area (Å²) in [4.78, 5) is 2.71. The Morgan fingerprint density at radius 1 is 1.00 bits per heavy atom. The van der Waals surface area contributed by atoms with Gasteiger partial charge < -0.3 is 10.2 Å². The molecular formula is C15H30N2. The van der Waals surface area contributed by atoms with Crippen molar-refractivity contribution in [2.24, 2.45) is 5.92 Å². The Balaban J connectivity index is 1.65. The van der Waals surface area contributed by atoms with Gasteiger partial charge in [0.2, 0.25) is 0 Å². The van der Waals surface area contributed by atoms with Gasteiger partial charge in [-0.05, 0) is 58.3 Å². The molecule has 2 heteroatoms. The maximum atomic E-state index is 3.58. The van der Waals surface area contributed by atoms with Crippen LogP contribution in [0.3, 0.4) is 0 Å². The van der Waals surface area contributed by atoms with Crippen LogP contribution in [-0.2, 0) is 0 Å². The first kappa shape index (κ1) is 13.4. The highest BCUT2D eigenvalue weighted by molar-refractivity contribution is 4.72. The van der Waals surface area contributed by atoms with E-state index in [1.165, 1.54) is 77.5 Å². The molecule has 0 bridgehead atoms. The van der Waals surface area contributed by atoms with E-state index >= 15 is 0 Å². The van der Waals surface area contributed by atoms with Gasteiger partial charge in [0, 0.05) is 6.04 Å². The number of rotatable bonds is 3. The summed E-state index contributed by atoms with van der Waals surface area (Å²) in [6, 6.07) is 0.715. The van der Waals surface area contributed by atoms with Gasteiger partial charge in [0.25, 0.3) is 0 Å². The largest absolute Gasteiger partial charge is 0.314 e. The molecule has 1 unspecified atom stereocenters. The van der Waals surface area contributed by atoms with Crippen molar-refractivity contribution < 1.29 is 0 Å². The summed E-state index contributed by atoms with van der Waals surface area (Å²) in [7, 11) is 0. The fourth-order valence-electron chi connectivity index (χ4n) is 3.31. The first-order valence-electron chi connectivity index (χ1n) is 7.80. The van der Waals surface area contributed by atoms with Crippen molar-refractivity contribution in [2.75, 3.05) is 26.2 Å². The average molecular weight is 238 g/mol. The zero-order valence-corrected chi connectivity index (χ0v) is 11.6. The highest BCUT2D eigenvalue weighted by Crippen LogP contribution is 2.26. The summed E-state index contributed by atoms with van der Waals surface area (Å²) in [6.45, 7) is 7.51.